The van der Waals surface area contributed by atoms with Gasteiger partial charge in [0.1, 0.15) is 11.6 Å². The molecule has 1 aromatic heterocycles. The van der Waals surface area contributed by atoms with Crippen LogP contribution in [0.5, 0.6) is 5.75 Å². The third-order valence-electron chi connectivity index (χ3n) is 3.22. The maximum absolute atomic E-state index is 13.4. The smallest absolute Gasteiger partial charge is 0.264 e. The molecular formula is C15H20FN3O2. The Morgan fingerprint density at radius 1 is 1.33 bits per heavy atom. The second-order valence-corrected chi connectivity index (χ2v) is 5.18. The Hall–Kier alpha value is -1.95. The van der Waals surface area contributed by atoms with E-state index in [0.29, 0.717) is 17.5 Å². The number of hydrogen-bond donors (Lipinski definition) is 1. The molecule has 0 amide bonds. The molecule has 0 fully saturated rings. The first-order valence-corrected chi connectivity index (χ1v) is 6.93. The van der Waals surface area contributed by atoms with Crippen molar-refractivity contribution in [3.8, 4) is 5.75 Å². The van der Waals surface area contributed by atoms with Crippen molar-refractivity contribution >= 4 is 0 Å². The van der Waals surface area contributed by atoms with E-state index in [9.17, 15) is 4.39 Å². The van der Waals surface area contributed by atoms with Crippen LogP contribution in [-0.2, 0) is 6.61 Å². The van der Waals surface area contributed by atoms with Crippen LogP contribution in [0.3, 0.4) is 0 Å². The van der Waals surface area contributed by atoms with Gasteiger partial charge in [0, 0.05) is 17.5 Å². The normalized spacial score (nSPS) is 12.7. The molecule has 0 aliphatic heterocycles. The lowest BCUT2D eigenvalue weighted by Crippen LogP contribution is -2.14. The minimum atomic E-state index is -0.292. The Kier molecular flexibility index (Phi) is 4.90. The summed E-state index contributed by atoms with van der Waals surface area (Å²) in [6.45, 7) is 6.07. The van der Waals surface area contributed by atoms with E-state index in [2.05, 4.69) is 15.5 Å². The number of benzene rings is 1. The fourth-order valence-corrected chi connectivity index (χ4v) is 1.85. The van der Waals surface area contributed by atoms with Gasteiger partial charge < -0.3 is 14.6 Å². The molecule has 0 saturated carbocycles. The van der Waals surface area contributed by atoms with E-state index in [4.69, 9.17) is 9.26 Å². The second kappa shape index (κ2) is 6.67. The minimum Gasteiger partial charge on any atom is -0.483 e. The number of aromatic nitrogens is 2. The van der Waals surface area contributed by atoms with E-state index in [1.807, 2.05) is 27.8 Å². The van der Waals surface area contributed by atoms with Crippen LogP contribution in [0.4, 0.5) is 4.39 Å². The van der Waals surface area contributed by atoms with E-state index < -0.39 is 0 Å². The predicted octanol–water partition coefficient (Wildman–Crippen LogP) is 3.19. The monoisotopic (exact) mass is 293 g/mol. The zero-order valence-corrected chi connectivity index (χ0v) is 12.7. The average molecular weight is 293 g/mol. The van der Waals surface area contributed by atoms with Crippen molar-refractivity contribution in [1.29, 1.82) is 0 Å². The lowest BCUT2D eigenvalue weighted by Gasteiger charge is -2.15. The molecule has 0 saturated heterocycles. The van der Waals surface area contributed by atoms with Crippen LogP contribution < -0.4 is 10.1 Å². The van der Waals surface area contributed by atoms with Crippen molar-refractivity contribution < 1.29 is 13.7 Å². The summed E-state index contributed by atoms with van der Waals surface area (Å²) in [4.78, 5) is 4.24. The van der Waals surface area contributed by atoms with Crippen LogP contribution in [0.15, 0.2) is 22.7 Å². The molecular weight excluding hydrogens is 273 g/mol. The number of rotatable bonds is 6. The number of ether oxygens (including phenoxy) is 1. The number of nitrogens with one attached hydrogen (secondary N) is 1. The van der Waals surface area contributed by atoms with Gasteiger partial charge in [0.2, 0.25) is 0 Å². The highest BCUT2D eigenvalue weighted by Gasteiger charge is 2.14. The van der Waals surface area contributed by atoms with Crippen molar-refractivity contribution in [3.63, 3.8) is 0 Å². The third-order valence-corrected chi connectivity index (χ3v) is 3.22. The SMILES string of the molecule is CNC(C)c1cc(F)ccc1OCc1nc(C(C)C)no1. The summed E-state index contributed by atoms with van der Waals surface area (Å²) in [5.41, 5.74) is 0.751. The van der Waals surface area contributed by atoms with Gasteiger partial charge in [-0.15, -0.1) is 0 Å². The highest BCUT2D eigenvalue weighted by molar-refractivity contribution is 5.36. The molecule has 0 aliphatic rings. The lowest BCUT2D eigenvalue weighted by molar-refractivity contribution is 0.239. The van der Waals surface area contributed by atoms with Gasteiger partial charge in [-0.2, -0.15) is 4.98 Å². The number of nitrogens with zero attached hydrogens (tertiary/aromatic N) is 2. The van der Waals surface area contributed by atoms with Gasteiger partial charge in [0.15, 0.2) is 12.4 Å². The van der Waals surface area contributed by atoms with Crippen LogP contribution in [0.2, 0.25) is 0 Å². The first-order valence-electron chi connectivity index (χ1n) is 6.93. The number of halogens is 1. The largest absolute Gasteiger partial charge is 0.483 e. The van der Waals surface area contributed by atoms with Crippen LogP contribution in [-0.4, -0.2) is 17.2 Å². The van der Waals surface area contributed by atoms with Gasteiger partial charge in [-0.3, -0.25) is 0 Å². The molecule has 6 heteroatoms. The molecule has 0 aliphatic carbocycles. The summed E-state index contributed by atoms with van der Waals surface area (Å²) in [6, 6.07) is 4.42. The Morgan fingerprint density at radius 3 is 2.71 bits per heavy atom. The molecule has 1 unspecified atom stereocenters. The van der Waals surface area contributed by atoms with Crippen molar-refractivity contribution in [3.05, 3.63) is 41.3 Å². The molecule has 2 rings (SSSR count). The fraction of sp³-hybridized carbons (Fsp3) is 0.467. The van der Waals surface area contributed by atoms with Gasteiger partial charge in [-0.25, -0.2) is 4.39 Å². The molecule has 0 bridgehead atoms. The van der Waals surface area contributed by atoms with E-state index in [1.54, 1.807) is 6.07 Å². The average Bonchev–Trinajstić information content (AvgIpc) is 2.94. The van der Waals surface area contributed by atoms with E-state index in [0.717, 1.165) is 5.56 Å². The Morgan fingerprint density at radius 2 is 2.10 bits per heavy atom. The van der Waals surface area contributed by atoms with Gasteiger partial charge in [-0.1, -0.05) is 19.0 Å². The van der Waals surface area contributed by atoms with Crippen LogP contribution >= 0.6 is 0 Å². The van der Waals surface area contributed by atoms with Crippen molar-refractivity contribution in [2.45, 2.75) is 39.3 Å². The highest BCUT2D eigenvalue weighted by Crippen LogP contribution is 2.26. The summed E-state index contributed by atoms with van der Waals surface area (Å²) in [5, 5.41) is 6.95. The molecule has 1 N–H and O–H groups in total. The van der Waals surface area contributed by atoms with Crippen molar-refractivity contribution in [2.75, 3.05) is 7.05 Å². The molecule has 1 atom stereocenters. The van der Waals surface area contributed by atoms with Gasteiger partial charge in [0.05, 0.1) is 0 Å². The summed E-state index contributed by atoms with van der Waals surface area (Å²) in [6.07, 6.45) is 0. The zero-order valence-electron chi connectivity index (χ0n) is 12.7. The van der Waals surface area contributed by atoms with Crippen molar-refractivity contribution in [2.24, 2.45) is 0 Å². The highest BCUT2D eigenvalue weighted by atomic mass is 19.1. The van der Waals surface area contributed by atoms with Crippen LogP contribution in [0.1, 0.15) is 50.0 Å². The molecule has 114 valence electrons. The molecule has 0 spiro atoms. The zero-order chi connectivity index (χ0) is 15.4. The number of hydrogen-bond acceptors (Lipinski definition) is 5. The maximum atomic E-state index is 13.4. The van der Waals surface area contributed by atoms with Gasteiger partial charge >= 0.3 is 0 Å². The Balaban J connectivity index is 2.11. The van der Waals surface area contributed by atoms with E-state index in [1.165, 1.54) is 12.1 Å². The molecule has 21 heavy (non-hydrogen) atoms. The van der Waals surface area contributed by atoms with Gasteiger partial charge in [-0.05, 0) is 32.2 Å². The first-order chi connectivity index (χ1) is 10.0. The van der Waals surface area contributed by atoms with E-state index in [-0.39, 0.29) is 24.4 Å². The predicted molar refractivity (Wildman–Crippen MR) is 76.6 cm³/mol. The molecule has 5 nitrogen and oxygen atoms in total. The molecule has 0 radical (unpaired) electrons. The summed E-state index contributed by atoms with van der Waals surface area (Å²) in [7, 11) is 1.81. The first kappa shape index (κ1) is 15.4. The topological polar surface area (TPSA) is 60.2 Å². The fourth-order valence-electron chi connectivity index (χ4n) is 1.85. The van der Waals surface area contributed by atoms with Gasteiger partial charge in [0.25, 0.3) is 5.89 Å². The van der Waals surface area contributed by atoms with E-state index >= 15 is 0 Å². The van der Waals surface area contributed by atoms with Crippen LogP contribution in [0, 0.1) is 5.82 Å². The standard InChI is InChI=1S/C15H20FN3O2/c1-9(2)15-18-14(21-19-15)8-20-13-6-5-11(16)7-12(13)10(3)17-4/h5-7,9-10,17H,8H2,1-4H3. The Bertz CT molecular complexity index is 598. The van der Waals surface area contributed by atoms with Crippen LogP contribution in [0.25, 0.3) is 0 Å². The summed E-state index contributed by atoms with van der Waals surface area (Å²) < 4.78 is 24.2. The van der Waals surface area contributed by atoms with Crippen molar-refractivity contribution in [1.82, 2.24) is 15.5 Å². The quantitative estimate of drug-likeness (QED) is 0.886. The maximum Gasteiger partial charge on any atom is 0.264 e. The molecule has 1 aromatic carbocycles. The molecule has 1 heterocycles. The lowest BCUT2D eigenvalue weighted by atomic mass is 10.1. The second-order valence-electron chi connectivity index (χ2n) is 5.18. The molecule has 2 aromatic rings. The minimum absolute atomic E-state index is 0.0235. The Labute approximate surface area is 123 Å². The third kappa shape index (κ3) is 3.78. The summed E-state index contributed by atoms with van der Waals surface area (Å²) >= 11 is 0. The summed E-state index contributed by atoms with van der Waals surface area (Å²) in [5.74, 6) is 1.57.